The van der Waals surface area contributed by atoms with Crippen molar-refractivity contribution in [3.63, 3.8) is 0 Å². The van der Waals surface area contributed by atoms with Gasteiger partial charge in [-0.15, -0.1) is 0 Å². The Bertz CT molecular complexity index is 592. The Hall–Kier alpha value is -0.610. The second-order valence-corrected chi connectivity index (χ2v) is 10.9. The number of hydrogen-bond acceptors (Lipinski definition) is 3. The summed E-state index contributed by atoms with van der Waals surface area (Å²) in [5.74, 6) is 2.90. The first kappa shape index (κ1) is 19.7. The average Bonchev–Trinajstić information content (AvgIpc) is 2.95. The minimum atomic E-state index is -0.315. The number of aliphatic hydroxyl groups excluding tert-OH is 2. The summed E-state index contributed by atoms with van der Waals surface area (Å²) in [6.07, 6.45) is 8.39. The average molecular weight is 378 g/mol. The molecule has 4 aliphatic carbocycles. The molecule has 0 aromatic rings. The highest BCUT2D eigenvalue weighted by atomic mass is 16.3. The smallest absolute Gasteiger partial charge is 0.217 e. The molecular formula is C23H39NO3. The molecule has 0 unspecified atom stereocenters. The summed E-state index contributed by atoms with van der Waals surface area (Å²) in [5.41, 5.74) is 0.293. The minimum absolute atomic E-state index is 0.00161. The summed E-state index contributed by atoms with van der Waals surface area (Å²) in [5, 5.41) is 24.1. The van der Waals surface area contributed by atoms with Crippen molar-refractivity contribution in [1.29, 1.82) is 0 Å². The topological polar surface area (TPSA) is 69.6 Å². The fourth-order valence-corrected chi connectivity index (χ4v) is 8.52. The zero-order valence-electron chi connectivity index (χ0n) is 17.6. The van der Waals surface area contributed by atoms with Gasteiger partial charge in [0.25, 0.3) is 0 Å². The summed E-state index contributed by atoms with van der Waals surface area (Å²) in [6.45, 7) is 8.42. The van der Waals surface area contributed by atoms with Crippen LogP contribution in [0.1, 0.15) is 79.1 Å². The Balaban J connectivity index is 1.70. The van der Waals surface area contributed by atoms with Crippen molar-refractivity contribution in [2.45, 2.75) is 97.3 Å². The van der Waals surface area contributed by atoms with Crippen LogP contribution in [0.25, 0.3) is 0 Å². The van der Waals surface area contributed by atoms with E-state index < -0.39 is 0 Å². The molecule has 0 radical (unpaired) electrons. The summed E-state index contributed by atoms with van der Waals surface area (Å²) in [6, 6.07) is 0.158. The number of carbonyl (C=O) groups excluding carboxylic acids is 1. The maximum Gasteiger partial charge on any atom is 0.217 e. The van der Waals surface area contributed by atoms with Crippen LogP contribution in [0.15, 0.2) is 0 Å². The first-order valence-corrected chi connectivity index (χ1v) is 11.3. The van der Waals surface area contributed by atoms with E-state index in [1.54, 1.807) is 6.92 Å². The SMILES string of the molecule is CC(=O)N[C@@H]1C[C@@H]2[C@H](CC[C@H]3C[C@@H](O)CC[C@@]32C)[C@H]2CC[C@@H]([C@@H](C)O)[C@@]21C. The Morgan fingerprint density at radius 3 is 2.48 bits per heavy atom. The second kappa shape index (κ2) is 6.73. The zero-order chi connectivity index (χ0) is 19.6. The van der Waals surface area contributed by atoms with Crippen LogP contribution in [0.4, 0.5) is 0 Å². The van der Waals surface area contributed by atoms with E-state index in [2.05, 4.69) is 19.2 Å². The molecule has 0 heterocycles. The van der Waals surface area contributed by atoms with Crippen LogP contribution in [0.3, 0.4) is 0 Å². The molecule has 10 atom stereocenters. The molecule has 154 valence electrons. The lowest BCUT2D eigenvalue weighted by Gasteiger charge is -2.63. The third-order valence-electron chi connectivity index (χ3n) is 9.82. The molecule has 0 saturated heterocycles. The number of hydrogen-bond donors (Lipinski definition) is 3. The van der Waals surface area contributed by atoms with Crippen LogP contribution >= 0.6 is 0 Å². The summed E-state index contributed by atoms with van der Waals surface area (Å²) in [4.78, 5) is 12.1. The Morgan fingerprint density at radius 1 is 1.07 bits per heavy atom. The molecule has 0 aromatic carbocycles. The van der Waals surface area contributed by atoms with Crippen LogP contribution in [0.2, 0.25) is 0 Å². The van der Waals surface area contributed by atoms with Gasteiger partial charge in [0.15, 0.2) is 0 Å². The van der Waals surface area contributed by atoms with Crippen LogP contribution < -0.4 is 5.32 Å². The molecule has 27 heavy (non-hydrogen) atoms. The Kier molecular flexibility index (Phi) is 4.91. The van der Waals surface area contributed by atoms with Crippen LogP contribution in [0, 0.1) is 40.4 Å². The lowest BCUT2D eigenvalue weighted by atomic mass is 9.43. The fourth-order valence-electron chi connectivity index (χ4n) is 8.52. The molecule has 0 aliphatic heterocycles. The number of fused-ring (bicyclic) bond motifs is 5. The van der Waals surface area contributed by atoms with E-state index in [0.717, 1.165) is 32.1 Å². The van der Waals surface area contributed by atoms with Gasteiger partial charge in [-0.3, -0.25) is 4.79 Å². The van der Waals surface area contributed by atoms with E-state index in [1.165, 1.54) is 19.3 Å². The minimum Gasteiger partial charge on any atom is -0.393 e. The van der Waals surface area contributed by atoms with E-state index >= 15 is 0 Å². The normalized spacial score (nSPS) is 53.0. The summed E-state index contributed by atoms with van der Waals surface area (Å²) in [7, 11) is 0. The largest absolute Gasteiger partial charge is 0.393 e. The van der Waals surface area contributed by atoms with Crippen molar-refractivity contribution in [3.8, 4) is 0 Å². The van der Waals surface area contributed by atoms with Crippen LogP contribution in [-0.4, -0.2) is 34.4 Å². The molecular weight excluding hydrogens is 338 g/mol. The predicted molar refractivity (Wildman–Crippen MR) is 106 cm³/mol. The van der Waals surface area contributed by atoms with Crippen molar-refractivity contribution in [1.82, 2.24) is 5.32 Å². The lowest BCUT2D eigenvalue weighted by molar-refractivity contribution is -0.149. The molecule has 4 heteroatoms. The van der Waals surface area contributed by atoms with Gasteiger partial charge in [-0.05, 0) is 98.7 Å². The molecule has 0 spiro atoms. The molecule has 1 amide bonds. The van der Waals surface area contributed by atoms with Crippen LogP contribution in [0.5, 0.6) is 0 Å². The van der Waals surface area contributed by atoms with Gasteiger partial charge in [0.05, 0.1) is 12.2 Å². The quantitative estimate of drug-likeness (QED) is 0.690. The zero-order valence-corrected chi connectivity index (χ0v) is 17.6. The van der Waals surface area contributed by atoms with Gasteiger partial charge < -0.3 is 15.5 Å². The van der Waals surface area contributed by atoms with E-state index in [1.807, 2.05) is 6.92 Å². The van der Waals surface area contributed by atoms with Gasteiger partial charge in [-0.2, -0.15) is 0 Å². The maximum atomic E-state index is 12.1. The maximum absolute atomic E-state index is 12.1. The summed E-state index contributed by atoms with van der Waals surface area (Å²) >= 11 is 0. The first-order chi connectivity index (χ1) is 12.7. The molecule has 0 bridgehead atoms. The van der Waals surface area contributed by atoms with Gasteiger partial charge in [0.2, 0.25) is 5.91 Å². The molecule has 3 N–H and O–H groups in total. The van der Waals surface area contributed by atoms with Crippen molar-refractivity contribution < 1.29 is 15.0 Å². The van der Waals surface area contributed by atoms with Gasteiger partial charge in [0.1, 0.15) is 0 Å². The molecule has 4 fully saturated rings. The fraction of sp³-hybridized carbons (Fsp3) is 0.957. The lowest BCUT2D eigenvalue weighted by Crippen LogP contribution is -2.63. The Morgan fingerprint density at radius 2 is 1.81 bits per heavy atom. The van der Waals surface area contributed by atoms with Crippen LogP contribution in [-0.2, 0) is 4.79 Å². The van der Waals surface area contributed by atoms with E-state index in [0.29, 0.717) is 29.1 Å². The molecule has 4 aliphatic rings. The standard InChI is InChI=1S/C23H39NO3/c1-13(25)18-7-8-19-17-6-5-15-11-16(27)9-10-22(15,3)20(17)12-21(23(18,19)4)24-14(2)26/h13,15-21,25,27H,5-12H2,1-4H3,(H,24,26)/t13-,15+,16+,17-,18+,19-,20-,21-,22+,23+/m1/s1. The third kappa shape index (κ3) is 2.88. The van der Waals surface area contributed by atoms with Gasteiger partial charge in [-0.25, -0.2) is 0 Å². The van der Waals surface area contributed by atoms with E-state index in [-0.39, 0.29) is 35.5 Å². The predicted octanol–water partition coefficient (Wildman–Crippen LogP) is 3.50. The number of carbonyl (C=O) groups is 1. The van der Waals surface area contributed by atoms with E-state index in [9.17, 15) is 15.0 Å². The number of rotatable bonds is 2. The van der Waals surface area contributed by atoms with Crippen molar-refractivity contribution in [2.75, 3.05) is 0 Å². The molecule has 4 saturated carbocycles. The third-order valence-corrected chi connectivity index (χ3v) is 9.82. The molecule has 0 aromatic heterocycles. The first-order valence-electron chi connectivity index (χ1n) is 11.3. The Labute approximate surface area is 164 Å². The second-order valence-electron chi connectivity index (χ2n) is 10.9. The van der Waals surface area contributed by atoms with Gasteiger partial charge in [0, 0.05) is 13.0 Å². The number of nitrogens with one attached hydrogen (secondary N) is 1. The van der Waals surface area contributed by atoms with Gasteiger partial charge >= 0.3 is 0 Å². The molecule has 4 nitrogen and oxygen atoms in total. The van der Waals surface area contributed by atoms with Crippen molar-refractivity contribution >= 4 is 5.91 Å². The van der Waals surface area contributed by atoms with Crippen molar-refractivity contribution in [2.24, 2.45) is 40.4 Å². The highest BCUT2D eigenvalue weighted by Gasteiger charge is 2.64. The molecule has 4 rings (SSSR count). The number of amides is 1. The highest BCUT2D eigenvalue weighted by Crippen LogP contribution is 2.67. The van der Waals surface area contributed by atoms with E-state index in [4.69, 9.17) is 0 Å². The van der Waals surface area contributed by atoms with Crippen molar-refractivity contribution in [3.05, 3.63) is 0 Å². The highest BCUT2D eigenvalue weighted by molar-refractivity contribution is 5.73. The summed E-state index contributed by atoms with van der Waals surface area (Å²) < 4.78 is 0. The monoisotopic (exact) mass is 377 g/mol. The number of aliphatic hydroxyl groups is 2. The van der Waals surface area contributed by atoms with Gasteiger partial charge in [-0.1, -0.05) is 13.8 Å².